The van der Waals surface area contributed by atoms with Gasteiger partial charge in [-0.1, -0.05) is 6.92 Å². The Kier molecular flexibility index (Phi) is 5.29. The topological polar surface area (TPSA) is 96.1 Å². The van der Waals surface area contributed by atoms with Crippen LogP contribution < -0.4 is 10.6 Å². The van der Waals surface area contributed by atoms with Gasteiger partial charge in [-0.2, -0.15) is 0 Å². The summed E-state index contributed by atoms with van der Waals surface area (Å²) in [6.45, 7) is 2.44. The first-order chi connectivity index (χ1) is 10.5. The van der Waals surface area contributed by atoms with Gasteiger partial charge in [0.2, 0.25) is 5.91 Å². The van der Waals surface area contributed by atoms with E-state index in [1.54, 1.807) is 19.3 Å². The molecule has 1 atom stereocenters. The Bertz CT molecular complexity index is 665. The summed E-state index contributed by atoms with van der Waals surface area (Å²) in [4.78, 5) is 30.5. The van der Waals surface area contributed by atoms with Gasteiger partial charge in [0.15, 0.2) is 5.13 Å². The van der Waals surface area contributed by atoms with Crippen LogP contribution in [0.15, 0.2) is 17.6 Å². The Morgan fingerprint density at radius 2 is 2.27 bits per heavy atom. The van der Waals surface area contributed by atoms with Crippen LogP contribution in [0.2, 0.25) is 0 Å². The molecule has 3 N–H and O–H groups in total. The monoisotopic (exact) mass is 322 g/mol. The normalized spacial score (nSPS) is 12.0. The zero-order valence-corrected chi connectivity index (χ0v) is 13.4. The number of amides is 1. The molecule has 0 aromatic carbocycles. The molecule has 1 amide bonds. The molecule has 2 aromatic rings. The van der Waals surface area contributed by atoms with Crippen LogP contribution in [0, 0.1) is 5.92 Å². The molecule has 0 aliphatic heterocycles. The molecule has 0 aliphatic rings. The first-order valence-corrected chi connectivity index (χ1v) is 7.61. The molecule has 2 rings (SSSR count). The minimum Gasteiger partial charge on any atom is -0.464 e. The number of hydrogen-bond donors (Lipinski definition) is 3. The predicted molar refractivity (Wildman–Crippen MR) is 85.0 cm³/mol. The van der Waals surface area contributed by atoms with Crippen LogP contribution in [0.25, 0.3) is 11.3 Å². The second-order valence-corrected chi connectivity index (χ2v) is 5.64. The van der Waals surface area contributed by atoms with E-state index in [4.69, 9.17) is 0 Å². The molecule has 2 heterocycles. The van der Waals surface area contributed by atoms with Gasteiger partial charge in [-0.3, -0.25) is 4.79 Å². The summed E-state index contributed by atoms with van der Waals surface area (Å²) in [5.74, 6) is -0.661. The van der Waals surface area contributed by atoms with Crippen LogP contribution in [0.3, 0.4) is 0 Å². The fourth-order valence-corrected chi connectivity index (χ4v) is 2.58. The fraction of sp³-hybridized carbons (Fsp3) is 0.357. The van der Waals surface area contributed by atoms with Crippen molar-refractivity contribution in [2.24, 2.45) is 5.92 Å². The maximum atomic E-state index is 11.9. The van der Waals surface area contributed by atoms with Gasteiger partial charge in [-0.05, 0) is 13.1 Å². The molecule has 0 saturated heterocycles. The number of ether oxygens (including phenoxy) is 1. The highest BCUT2D eigenvalue weighted by atomic mass is 32.1. The van der Waals surface area contributed by atoms with Crippen molar-refractivity contribution in [2.45, 2.75) is 6.92 Å². The lowest BCUT2D eigenvalue weighted by Gasteiger charge is -2.09. The number of nitrogens with zero attached hydrogens (tertiary/aromatic N) is 1. The highest BCUT2D eigenvalue weighted by molar-refractivity contribution is 7.14. The van der Waals surface area contributed by atoms with Crippen LogP contribution in [0.4, 0.5) is 5.13 Å². The van der Waals surface area contributed by atoms with Crippen molar-refractivity contribution in [1.29, 1.82) is 0 Å². The number of methoxy groups -OCH3 is 1. The number of anilines is 1. The maximum absolute atomic E-state index is 11.9. The molecule has 0 bridgehead atoms. The van der Waals surface area contributed by atoms with E-state index in [9.17, 15) is 9.59 Å². The second kappa shape index (κ2) is 7.19. The molecule has 8 heteroatoms. The molecule has 0 saturated carbocycles. The number of thiazole rings is 1. The molecule has 1 unspecified atom stereocenters. The summed E-state index contributed by atoms with van der Waals surface area (Å²) in [6.07, 6.45) is 1.68. The molecule has 0 fully saturated rings. The Hall–Kier alpha value is -2.19. The Labute approximate surface area is 132 Å². The Morgan fingerprint density at radius 3 is 2.95 bits per heavy atom. The van der Waals surface area contributed by atoms with E-state index < -0.39 is 5.97 Å². The molecule has 0 radical (unpaired) electrons. The van der Waals surface area contributed by atoms with E-state index in [1.807, 2.05) is 12.3 Å². The fourth-order valence-electron chi connectivity index (χ4n) is 1.86. The number of carbonyl (C=O) groups excluding carboxylic acids is 2. The van der Waals surface area contributed by atoms with Crippen LogP contribution in [0.1, 0.15) is 17.4 Å². The molecule has 0 aliphatic carbocycles. The summed E-state index contributed by atoms with van der Waals surface area (Å²) in [5.41, 5.74) is 1.81. The zero-order chi connectivity index (χ0) is 16.1. The van der Waals surface area contributed by atoms with Gasteiger partial charge in [0.25, 0.3) is 0 Å². The average Bonchev–Trinajstić information content (AvgIpc) is 3.15. The van der Waals surface area contributed by atoms with Crippen molar-refractivity contribution in [2.75, 3.05) is 26.0 Å². The van der Waals surface area contributed by atoms with Gasteiger partial charge < -0.3 is 20.4 Å². The standard InChI is InChI=1S/C14H18N4O3S/c1-8(5-15-2)12(19)18-14-17-11(7-22-14)9-4-10(16-6-9)13(20)21-3/h4,6-8,15-16H,5H2,1-3H3,(H,17,18,19). The third-order valence-corrected chi connectivity index (χ3v) is 3.83. The number of H-pyrrole nitrogens is 1. The van der Waals surface area contributed by atoms with E-state index in [1.165, 1.54) is 18.4 Å². The third kappa shape index (κ3) is 3.71. The molecular formula is C14H18N4O3S. The van der Waals surface area contributed by atoms with Gasteiger partial charge in [-0.15, -0.1) is 11.3 Å². The minimum absolute atomic E-state index is 0.0837. The third-order valence-electron chi connectivity index (χ3n) is 3.08. The van der Waals surface area contributed by atoms with Crippen molar-refractivity contribution in [3.63, 3.8) is 0 Å². The van der Waals surface area contributed by atoms with Crippen molar-refractivity contribution in [3.05, 3.63) is 23.3 Å². The lowest BCUT2D eigenvalue weighted by molar-refractivity contribution is -0.119. The van der Waals surface area contributed by atoms with Gasteiger partial charge in [0, 0.05) is 29.6 Å². The van der Waals surface area contributed by atoms with Crippen molar-refractivity contribution >= 4 is 28.3 Å². The molecule has 7 nitrogen and oxygen atoms in total. The van der Waals surface area contributed by atoms with Gasteiger partial charge >= 0.3 is 5.97 Å². The number of esters is 1. The van der Waals surface area contributed by atoms with Crippen LogP contribution in [0.5, 0.6) is 0 Å². The van der Waals surface area contributed by atoms with E-state index >= 15 is 0 Å². The highest BCUT2D eigenvalue weighted by Gasteiger charge is 2.15. The quantitative estimate of drug-likeness (QED) is 0.704. The smallest absolute Gasteiger partial charge is 0.354 e. The Balaban J connectivity index is 2.06. The summed E-state index contributed by atoms with van der Waals surface area (Å²) in [7, 11) is 3.13. The summed E-state index contributed by atoms with van der Waals surface area (Å²) < 4.78 is 4.64. The molecule has 0 spiro atoms. The lowest BCUT2D eigenvalue weighted by Crippen LogP contribution is -2.28. The van der Waals surface area contributed by atoms with E-state index in [-0.39, 0.29) is 11.8 Å². The first-order valence-electron chi connectivity index (χ1n) is 6.73. The van der Waals surface area contributed by atoms with E-state index in [2.05, 4.69) is 25.3 Å². The van der Waals surface area contributed by atoms with Gasteiger partial charge in [-0.25, -0.2) is 9.78 Å². The second-order valence-electron chi connectivity index (χ2n) is 4.78. The van der Waals surface area contributed by atoms with Crippen LogP contribution >= 0.6 is 11.3 Å². The van der Waals surface area contributed by atoms with Gasteiger partial charge in [0.1, 0.15) is 5.69 Å². The maximum Gasteiger partial charge on any atom is 0.354 e. The molecule has 22 heavy (non-hydrogen) atoms. The van der Waals surface area contributed by atoms with E-state index in [0.717, 1.165) is 5.56 Å². The van der Waals surface area contributed by atoms with Crippen LogP contribution in [-0.4, -0.2) is 42.5 Å². The number of aromatic nitrogens is 2. The Morgan fingerprint density at radius 1 is 1.50 bits per heavy atom. The number of rotatable bonds is 6. The summed E-state index contributed by atoms with van der Waals surface area (Å²) in [5, 5.41) is 8.10. The number of hydrogen-bond acceptors (Lipinski definition) is 6. The van der Waals surface area contributed by atoms with Crippen molar-refractivity contribution < 1.29 is 14.3 Å². The number of nitrogens with one attached hydrogen (secondary N) is 3. The van der Waals surface area contributed by atoms with Crippen molar-refractivity contribution in [3.8, 4) is 11.3 Å². The average molecular weight is 322 g/mol. The number of carbonyl (C=O) groups is 2. The van der Waals surface area contributed by atoms with E-state index in [0.29, 0.717) is 23.1 Å². The van der Waals surface area contributed by atoms with Crippen LogP contribution in [-0.2, 0) is 9.53 Å². The highest BCUT2D eigenvalue weighted by Crippen LogP contribution is 2.25. The summed E-state index contributed by atoms with van der Waals surface area (Å²) in [6, 6.07) is 1.66. The lowest BCUT2D eigenvalue weighted by atomic mass is 10.2. The van der Waals surface area contributed by atoms with Crippen molar-refractivity contribution in [1.82, 2.24) is 15.3 Å². The molecule has 118 valence electrons. The largest absolute Gasteiger partial charge is 0.464 e. The first kappa shape index (κ1) is 16.2. The SMILES string of the molecule is CNCC(C)C(=O)Nc1nc(-c2c[nH]c(C(=O)OC)c2)cs1. The van der Waals surface area contributed by atoms with Gasteiger partial charge in [0.05, 0.1) is 12.8 Å². The predicted octanol–water partition coefficient (Wildman–Crippen LogP) is 1.72. The molecule has 2 aromatic heterocycles. The minimum atomic E-state index is -0.434. The number of aromatic amines is 1. The summed E-state index contributed by atoms with van der Waals surface area (Å²) >= 11 is 1.34. The zero-order valence-electron chi connectivity index (χ0n) is 12.6. The molecular weight excluding hydrogens is 304 g/mol.